The zero-order chi connectivity index (χ0) is 21.8. The monoisotopic (exact) mass is 441 g/mol. The van der Waals surface area contributed by atoms with Gasteiger partial charge in [0, 0.05) is 24.0 Å². The topological polar surface area (TPSA) is 114 Å². The summed E-state index contributed by atoms with van der Waals surface area (Å²) < 4.78 is 39.0. The van der Waals surface area contributed by atoms with Gasteiger partial charge in [-0.05, 0) is 50.2 Å². The third-order valence-electron chi connectivity index (χ3n) is 4.55. The van der Waals surface area contributed by atoms with Gasteiger partial charge in [-0.25, -0.2) is 18.4 Å². The lowest BCUT2D eigenvalue weighted by molar-refractivity contribution is 0.171. The molecule has 0 fully saturated rings. The minimum Gasteiger partial charge on any atom is -0.486 e. The zero-order valence-corrected chi connectivity index (χ0v) is 18.0. The highest BCUT2D eigenvalue weighted by molar-refractivity contribution is 7.92. The first-order chi connectivity index (χ1) is 14.9. The molecule has 3 aromatic rings. The van der Waals surface area contributed by atoms with Gasteiger partial charge in [-0.2, -0.15) is 0 Å². The number of rotatable bonds is 7. The van der Waals surface area contributed by atoms with Gasteiger partial charge in [0.15, 0.2) is 11.5 Å². The molecule has 10 heteroatoms. The fourth-order valence-corrected chi connectivity index (χ4v) is 4.09. The quantitative estimate of drug-likeness (QED) is 0.510. The predicted octanol–water partition coefficient (Wildman–Crippen LogP) is 3.53. The van der Waals surface area contributed by atoms with E-state index in [1.807, 2.05) is 13.8 Å². The number of nitrogens with zero attached hydrogens (tertiary/aromatic N) is 2. The smallest absolute Gasteiger partial charge is 0.262 e. The van der Waals surface area contributed by atoms with E-state index in [1.54, 1.807) is 36.5 Å². The number of ether oxygens (including phenoxy) is 2. The lowest BCUT2D eigenvalue weighted by atomic mass is 10.2. The van der Waals surface area contributed by atoms with Gasteiger partial charge in [-0.3, -0.25) is 4.72 Å². The van der Waals surface area contributed by atoms with Crippen LogP contribution >= 0.6 is 0 Å². The maximum absolute atomic E-state index is 12.7. The fraction of sp³-hybridized carbons (Fsp3) is 0.238. The van der Waals surface area contributed by atoms with Crippen LogP contribution in [0.15, 0.2) is 53.6 Å². The van der Waals surface area contributed by atoms with E-state index >= 15 is 0 Å². The Balaban J connectivity index is 1.46. The van der Waals surface area contributed by atoms with Gasteiger partial charge < -0.3 is 20.1 Å². The summed E-state index contributed by atoms with van der Waals surface area (Å²) in [5, 5.41) is 6.31. The van der Waals surface area contributed by atoms with E-state index in [9.17, 15) is 8.42 Å². The Morgan fingerprint density at radius 2 is 1.71 bits per heavy atom. The second-order valence-electron chi connectivity index (χ2n) is 6.84. The van der Waals surface area contributed by atoms with Crippen LogP contribution in [0.1, 0.15) is 12.6 Å². The Morgan fingerprint density at radius 3 is 2.42 bits per heavy atom. The van der Waals surface area contributed by atoms with Crippen LogP contribution < -0.4 is 24.8 Å². The van der Waals surface area contributed by atoms with Crippen LogP contribution in [-0.2, 0) is 10.0 Å². The SMILES string of the molecule is CCNc1ncc(Nc2ccc(NS(=O)(=O)c3ccc4c(c3)OCCO4)cc2)c(C)n1. The second-order valence-corrected chi connectivity index (χ2v) is 8.52. The van der Waals surface area contributed by atoms with Crippen LogP contribution in [0.4, 0.5) is 23.0 Å². The molecular formula is C21H23N5O4S. The molecule has 0 saturated carbocycles. The highest BCUT2D eigenvalue weighted by atomic mass is 32.2. The molecule has 0 unspecified atom stereocenters. The molecule has 1 aliphatic heterocycles. The number of aromatic nitrogens is 2. The molecular weight excluding hydrogens is 418 g/mol. The van der Waals surface area contributed by atoms with Crippen molar-refractivity contribution in [2.45, 2.75) is 18.7 Å². The molecule has 1 aromatic heterocycles. The average molecular weight is 442 g/mol. The number of hydrogen-bond acceptors (Lipinski definition) is 8. The molecule has 31 heavy (non-hydrogen) atoms. The van der Waals surface area contributed by atoms with Gasteiger partial charge in [0.25, 0.3) is 10.0 Å². The van der Waals surface area contributed by atoms with Crippen molar-refractivity contribution >= 4 is 33.0 Å². The van der Waals surface area contributed by atoms with Gasteiger partial charge in [0.2, 0.25) is 5.95 Å². The Morgan fingerprint density at radius 1 is 1.00 bits per heavy atom. The fourth-order valence-electron chi connectivity index (χ4n) is 3.02. The standard InChI is InChI=1S/C21H23N5O4S/c1-3-22-21-23-13-18(14(2)24-21)25-15-4-6-16(7-5-15)26-31(27,28)17-8-9-19-20(12-17)30-11-10-29-19/h4-9,12-13,25-26H,3,10-11H2,1-2H3,(H,22,23,24). The predicted molar refractivity (Wildman–Crippen MR) is 119 cm³/mol. The molecule has 0 saturated heterocycles. The summed E-state index contributed by atoms with van der Waals surface area (Å²) in [6.07, 6.45) is 1.71. The molecule has 0 aliphatic carbocycles. The van der Waals surface area contributed by atoms with Crippen molar-refractivity contribution in [3.05, 3.63) is 54.4 Å². The number of anilines is 4. The summed E-state index contributed by atoms with van der Waals surface area (Å²) in [5.74, 6) is 1.54. The van der Waals surface area contributed by atoms with Gasteiger partial charge in [-0.15, -0.1) is 0 Å². The zero-order valence-electron chi connectivity index (χ0n) is 17.2. The molecule has 0 atom stereocenters. The normalized spacial score (nSPS) is 12.8. The van der Waals surface area contributed by atoms with Gasteiger partial charge in [-0.1, -0.05) is 0 Å². The molecule has 1 aliphatic rings. The molecule has 0 amide bonds. The number of aryl methyl sites for hydroxylation is 1. The Bertz CT molecular complexity index is 1180. The number of hydrogen-bond donors (Lipinski definition) is 3. The second kappa shape index (κ2) is 8.68. The molecule has 0 bridgehead atoms. The van der Waals surface area contributed by atoms with Gasteiger partial charge >= 0.3 is 0 Å². The van der Waals surface area contributed by atoms with Crippen LogP contribution in [0.25, 0.3) is 0 Å². The van der Waals surface area contributed by atoms with Crippen LogP contribution in [0.3, 0.4) is 0 Å². The van der Waals surface area contributed by atoms with Gasteiger partial charge in [0.05, 0.1) is 22.5 Å². The molecule has 3 N–H and O–H groups in total. The largest absolute Gasteiger partial charge is 0.486 e. The van der Waals surface area contributed by atoms with Crippen LogP contribution in [0.2, 0.25) is 0 Å². The van der Waals surface area contributed by atoms with E-state index in [0.717, 1.165) is 23.6 Å². The van der Waals surface area contributed by atoms with Crippen LogP contribution in [0.5, 0.6) is 11.5 Å². The number of fused-ring (bicyclic) bond motifs is 1. The summed E-state index contributed by atoms with van der Waals surface area (Å²) in [7, 11) is -3.77. The van der Waals surface area contributed by atoms with Crippen molar-refractivity contribution in [1.82, 2.24) is 9.97 Å². The maximum Gasteiger partial charge on any atom is 0.262 e. The van der Waals surface area contributed by atoms with E-state index in [2.05, 4.69) is 25.3 Å². The molecule has 162 valence electrons. The highest BCUT2D eigenvalue weighted by Crippen LogP contribution is 2.33. The summed E-state index contributed by atoms with van der Waals surface area (Å²) in [4.78, 5) is 8.76. The third-order valence-corrected chi connectivity index (χ3v) is 5.93. The molecule has 4 rings (SSSR count). The maximum atomic E-state index is 12.7. The first kappa shape index (κ1) is 20.7. The van der Waals surface area contributed by atoms with Crippen LogP contribution in [-0.4, -0.2) is 38.1 Å². The van der Waals surface area contributed by atoms with Crippen molar-refractivity contribution in [2.75, 3.05) is 35.1 Å². The van der Waals surface area contributed by atoms with Crippen LogP contribution in [0, 0.1) is 6.92 Å². The highest BCUT2D eigenvalue weighted by Gasteiger charge is 2.19. The van der Waals surface area contributed by atoms with E-state index in [0.29, 0.717) is 36.3 Å². The van der Waals surface area contributed by atoms with E-state index in [4.69, 9.17) is 9.47 Å². The van der Waals surface area contributed by atoms with Crippen molar-refractivity contribution in [3.8, 4) is 11.5 Å². The lowest BCUT2D eigenvalue weighted by Gasteiger charge is -2.19. The van der Waals surface area contributed by atoms with Crippen molar-refractivity contribution in [3.63, 3.8) is 0 Å². The van der Waals surface area contributed by atoms with Crippen molar-refractivity contribution < 1.29 is 17.9 Å². The van der Waals surface area contributed by atoms with Gasteiger partial charge in [0.1, 0.15) is 13.2 Å². The Labute approximate surface area is 180 Å². The minimum atomic E-state index is -3.77. The third kappa shape index (κ3) is 4.80. The average Bonchev–Trinajstić information content (AvgIpc) is 2.76. The Kier molecular flexibility index (Phi) is 5.81. The molecule has 2 heterocycles. The Hall–Kier alpha value is -3.53. The molecule has 0 radical (unpaired) electrons. The first-order valence-electron chi connectivity index (χ1n) is 9.81. The number of sulfonamides is 1. The van der Waals surface area contributed by atoms with E-state index in [-0.39, 0.29) is 4.90 Å². The summed E-state index contributed by atoms with van der Waals surface area (Å²) >= 11 is 0. The van der Waals surface area contributed by atoms with E-state index in [1.165, 1.54) is 12.1 Å². The van der Waals surface area contributed by atoms with Crippen molar-refractivity contribution in [1.29, 1.82) is 0 Å². The summed E-state index contributed by atoms with van der Waals surface area (Å²) in [6.45, 7) is 5.45. The van der Waals surface area contributed by atoms with Crippen molar-refractivity contribution in [2.24, 2.45) is 0 Å². The molecule has 0 spiro atoms. The minimum absolute atomic E-state index is 0.104. The summed E-state index contributed by atoms with van der Waals surface area (Å²) in [6, 6.07) is 11.5. The number of benzene rings is 2. The lowest BCUT2D eigenvalue weighted by Crippen LogP contribution is -2.17. The molecule has 2 aromatic carbocycles. The summed E-state index contributed by atoms with van der Waals surface area (Å²) in [5.41, 5.74) is 2.79. The first-order valence-corrected chi connectivity index (χ1v) is 11.3. The number of nitrogens with one attached hydrogen (secondary N) is 3. The van der Waals surface area contributed by atoms with E-state index < -0.39 is 10.0 Å². The molecule has 9 nitrogen and oxygen atoms in total.